The van der Waals surface area contributed by atoms with Gasteiger partial charge in [0.25, 0.3) is 0 Å². The molecule has 0 aliphatic carbocycles. The summed E-state index contributed by atoms with van der Waals surface area (Å²) in [6, 6.07) is 0. The first kappa shape index (κ1) is 15.3. The molecule has 0 aromatic rings. The number of hydrogen-bond acceptors (Lipinski definition) is 0. The van der Waals surface area contributed by atoms with E-state index in [4.69, 9.17) is 0 Å². The molecule has 18 heavy (non-hydrogen) atoms. The Morgan fingerprint density at radius 3 is 1.22 bits per heavy atom. The molecular weight excluding hydrogens is 254 g/mol. The van der Waals surface area contributed by atoms with E-state index >= 15 is 0 Å². The van der Waals surface area contributed by atoms with Gasteiger partial charge >= 0.3 is 0 Å². The van der Waals surface area contributed by atoms with Crippen molar-refractivity contribution in [2.45, 2.75) is 64.2 Å². The van der Waals surface area contributed by atoms with Crippen molar-refractivity contribution in [1.82, 2.24) is 0 Å². The smallest absolute Gasteiger partial charge is 0.0326 e. The Hall–Kier alpha value is 0.860. The minimum atomic E-state index is 0.499. The zero-order valence-corrected chi connectivity index (χ0v) is 14.0. The molecule has 0 amide bonds. The van der Waals surface area contributed by atoms with Gasteiger partial charge in [0.1, 0.15) is 0 Å². The standard InChI is InChI=1S/C16H32P2/c1(5-11-17-13-7-3-8-14-17)2-6-12-18-15-9-4-10-16-18/h1-16H2. The van der Waals surface area contributed by atoms with Crippen molar-refractivity contribution in [3.63, 3.8) is 0 Å². The molecule has 2 fully saturated rings. The van der Waals surface area contributed by atoms with Crippen LogP contribution in [0.4, 0.5) is 0 Å². The van der Waals surface area contributed by atoms with Crippen molar-refractivity contribution in [2.24, 2.45) is 0 Å². The first-order chi connectivity index (χ1) is 8.95. The highest BCUT2D eigenvalue weighted by Gasteiger charge is 2.13. The fourth-order valence-electron chi connectivity index (χ4n) is 3.39. The highest BCUT2D eigenvalue weighted by Crippen LogP contribution is 2.43. The minimum absolute atomic E-state index is 0.499. The molecule has 2 saturated heterocycles. The van der Waals surface area contributed by atoms with Crippen LogP contribution in [0.5, 0.6) is 0 Å². The van der Waals surface area contributed by atoms with Gasteiger partial charge in [-0.05, 0) is 75.5 Å². The molecule has 0 unspecified atom stereocenters. The van der Waals surface area contributed by atoms with Crippen molar-refractivity contribution in [1.29, 1.82) is 0 Å². The van der Waals surface area contributed by atoms with Gasteiger partial charge in [0, 0.05) is 0 Å². The Balaban J connectivity index is 1.39. The lowest BCUT2D eigenvalue weighted by molar-refractivity contribution is 0.694. The van der Waals surface area contributed by atoms with Crippen LogP contribution in [0, 0.1) is 0 Å². The predicted molar refractivity (Wildman–Crippen MR) is 89.2 cm³/mol. The SMILES string of the molecule is C(CCCP1CCCCC1)CCP1CCCCC1. The molecule has 0 saturated carbocycles. The summed E-state index contributed by atoms with van der Waals surface area (Å²) in [5, 5.41) is 0. The fraction of sp³-hybridized carbons (Fsp3) is 1.00. The molecule has 2 aliphatic heterocycles. The van der Waals surface area contributed by atoms with Gasteiger partial charge in [-0.1, -0.05) is 25.7 Å². The maximum atomic E-state index is 1.62. The highest BCUT2D eigenvalue weighted by atomic mass is 31.1. The topological polar surface area (TPSA) is 0 Å². The summed E-state index contributed by atoms with van der Waals surface area (Å²) in [5.41, 5.74) is 0. The second-order valence-corrected chi connectivity index (χ2v) is 11.6. The van der Waals surface area contributed by atoms with Gasteiger partial charge in [0.15, 0.2) is 0 Å². The monoisotopic (exact) mass is 286 g/mol. The van der Waals surface area contributed by atoms with Gasteiger partial charge < -0.3 is 0 Å². The molecule has 0 aromatic carbocycles. The molecule has 0 nitrogen and oxygen atoms in total. The van der Waals surface area contributed by atoms with Gasteiger partial charge in [0.05, 0.1) is 0 Å². The van der Waals surface area contributed by atoms with Gasteiger partial charge in [-0.3, -0.25) is 0 Å². The molecule has 0 atom stereocenters. The number of rotatable bonds is 7. The lowest BCUT2D eigenvalue weighted by atomic mass is 10.2. The van der Waals surface area contributed by atoms with Crippen LogP contribution in [0.1, 0.15) is 64.2 Å². The maximum absolute atomic E-state index is 1.62. The van der Waals surface area contributed by atoms with Crippen molar-refractivity contribution in [2.75, 3.05) is 37.0 Å². The molecule has 0 aromatic heterocycles. The summed E-state index contributed by atoms with van der Waals surface area (Å²) >= 11 is 0. The fourth-order valence-corrected chi connectivity index (χ4v) is 8.76. The van der Waals surface area contributed by atoms with E-state index < -0.39 is 0 Å². The van der Waals surface area contributed by atoms with Crippen molar-refractivity contribution in [3.05, 3.63) is 0 Å². The largest absolute Gasteiger partial charge is 0.107 e. The average Bonchev–Trinajstić information content (AvgIpc) is 2.45. The quantitative estimate of drug-likeness (QED) is 0.405. The van der Waals surface area contributed by atoms with Crippen molar-refractivity contribution < 1.29 is 0 Å². The van der Waals surface area contributed by atoms with Crippen molar-refractivity contribution >= 4 is 15.8 Å². The van der Waals surface area contributed by atoms with E-state index in [1.807, 2.05) is 0 Å². The second-order valence-electron chi connectivity index (χ2n) is 6.22. The van der Waals surface area contributed by atoms with Gasteiger partial charge in [-0.25, -0.2) is 0 Å². The van der Waals surface area contributed by atoms with Crippen LogP contribution >= 0.6 is 15.8 Å². The molecule has 2 heteroatoms. The van der Waals surface area contributed by atoms with E-state index in [1.165, 1.54) is 12.8 Å². The number of hydrogen-bond donors (Lipinski definition) is 0. The molecule has 2 rings (SSSR count). The Labute approximate surface area is 117 Å². The van der Waals surface area contributed by atoms with Crippen LogP contribution in [0.25, 0.3) is 0 Å². The van der Waals surface area contributed by atoms with Crippen LogP contribution in [0.2, 0.25) is 0 Å². The lowest BCUT2D eigenvalue weighted by Crippen LogP contribution is -2.03. The summed E-state index contributed by atoms with van der Waals surface area (Å²) in [6.07, 6.45) is 25.1. The molecule has 0 radical (unpaired) electrons. The third-order valence-corrected chi connectivity index (χ3v) is 10.3. The van der Waals surface area contributed by atoms with E-state index in [-0.39, 0.29) is 0 Å². The molecule has 2 heterocycles. The van der Waals surface area contributed by atoms with Crippen LogP contribution in [-0.4, -0.2) is 37.0 Å². The molecular formula is C16H32P2. The summed E-state index contributed by atoms with van der Waals surface area (Å²) in [4.78, 5) is 0. The number of unbranched alkanes of at least 4 members (excludes halogenated alkanes) is 3. The summed E-state index contributed by atoms with van der Waals surface area (Å²) in [6.45, 7) is 0. The van der Waals surface area contributed by atoms with E-state index in [2.05, 4.69) is 0 Å². The first-order valence-electron chi connectivity index (χ1n) is 8.40. The Bertz CT molecular complexity index is 171. The third kappa shape index (κ3) is 6.34. The van der Waals surface area contributed by atoms with Crippen molar-refractivity contribution in [3.8, 4) is 0 Å². The van der Waals surface area contributed by atoms with E-state index in [9.17, 15) is 0 Å². The molecule has 0 spiro atoms. The molecule has 0 bridgehead atoms. The first-order valence-corrected chi connectivity index (χ1v) is 12.2. The van der Waals surface area contributed by atoms with E-state index in [1.54, 1.807) is 88.3 Å². The van der Waals surface area contributed by atoms with Crippen LogP contribution in [0.3, 0.4) is 0 Å². The summed E-state index contributed by atoms with van der Waals surface area (Å²) in [5.74, 6) is 0. The Morgan fingerprint density at radius 2 is 0.833 bits per heavy atom. The van der Waals surface area contributed by atoms with E-state index in [0.717, 1.165) is 0 Å². The molecule has 106 valence electrons. The second kappa shape index (κ2) is 9.72. The van der Waals surface area contributed by atoms with Gasteiger partial charge in [-0.2, -0.15) is 0 Å². The Morgan fingerprint density at radius 1 is 0.444 bits per heavy atom. The summed E-state index contributed by atoms with van der Waals surface area (Å²) in [7, 11) is 0.999. The highest BCUT2D eigenvalue weighted by molar-refractivity contribution is 7.57. The van der Waals surface area contributed by atoms with Crippen LogP contribution in [0.15, 0.2) is 0 Å². The molecule has 0 N–H and O–H groups in total. The third-order valence-electron chi connectivity index (χ3n) is 4.60. The zero-order valence-electron chi connectivity index (χ0n) is 12.2. The zero-order chi connectivity index (χ0) is 12.5. The van der Waals surface area contributed by atoms with Crippen LogP contribution in [-0.2, 0) is 0 Å². The maximum Gasteiger partial charge on any atom is -0.0326 e. The molecule has 2 aliphatic rings. The van der Waals surface area contributed by atoms with E-state index in [0.29, 0.717) is 15.8 Å². The average molecular weight is 286 g/mol. The minimum Gasteiger partial charge on any atom is -0.107 e. The Kier molecular flexibility index (Phi) is 8.23. The summed E-state index contributed by atoms with van der Waals surface area (Å²) < 4.78 is 0. The predicted octanol–water partition coefficient (Wildman–Crippen LogP) is 5.88. The lowest BCUT2D eigenvalue weighted by Gasteiger charge is -2.23. The normalized spacial score (nSPS) is 23.3. The van der Waals surface area contributed by atoms with Crippen LogP contribution < -0.4 is 0 Å². The van der Waals surface area contributed by atoms with Gasteiger partial charge in [0.2, 0.25) is 0 Å². The van der Waals surface area contributed by atoms with Gasteiger partial charge in [-0.15, -0.1) is 15.8 Å².